The third-order valence-corrected chi connectivity index (χ3v) is 3.75. The third kappa shape index (κ3) is 3.98. The van der Waals surface area contributed by atoms with Gasteiger partial charge in [-0.15, -0.1) is 0 Å². The van der Waals surface area contributed by atoms with Crippen LogP contribution < -0.4 is 5.49 Å². The first kappa shape index (κ1) is 15.7. The summed E-state index contributed by atoms with van der Waals surface area (Å²) < 4.78 is 0.840. The van der Waals surface area contributed by atoms with Crippen molar-refractivity contribution in [2.24, 2.45) is 4.99 Å². The highest BCUT2D eigenvalue weighted by Crippen LogP contribution is 2.19. The molecular formula is C20H18N2O2. The van der Waals surface area contributed by atoms with Crippen LogP contribution in [-0.4, -0.2) is 15.8 Å². The summed E-state index contributed by atoms with van der Waals surface area (Å²) >= 11 is 0. The molecule has 0 atom stereocenters. The number of benzene rings is 2. The smallest absolute Gasteiger partial charge is 0.248 e. The van der Waals surface area contributed by atoms with Crippen LogP contribution in [0.4, 0.5) is 0 Å². The number of aromatic nitrogens is 1. The molecule has 24 heavy (non-hydrogen) atoms. The van der Waals surface area contributed by atoms with Crippen molar-refractivity contribution in [3.05, 3.63) is 90.0 Å². The zero-order valence-electron chi connectivity index (χ0n) is 13.2. The minimum atomic E-state index is -0.254. The number of nitrogens with zero attached hydrogens (tertiary/aromatic N) is 2. The van der Waals surface area contributed by atoms with Gasteiger partial charge < -0.3 is 5.21 Å². The van der Waals surface area contributed by atoms with Crippen molar-refractivity contribution >= 4 is 5.91 Å². The van der Waals surface area contributed by atoms with E-state index in [1.54, 1.807) is 18.2 Å². The molecule has 1 heterocycles. The van der Waals surface area contributed by atoms with Gasteiger partial charge in [0.1, 0.15) is 0 Å². The van der Waals surface area contributed by atoms with Gasteiger partial charge in [-0.3, -0.25) is 4.79 Å². The first-order chi connectivity index (χ1) is 11.7. The second kappa shape index (κ2) is 7.42. The number of hydrogen-bond donors (Lipinski definition) is 1. The minimum absolute atomic E-state index is 0.238. The fraction of sp³-hybridized carbons (Fsp3) is 0.100. The second-order valence-electron chi connectivity index (χ2n) is 5.47. The Kier molecular flexibility index (Phi) is 4.87. The average molecular weight is 318 g/mol. The van der Waals surface area contributed by atoms with E-state index in [0.29, 0.717) is 12.8 Å². The molecule has 3 aromatic rings. The molecule has 0 aliphatic carbocycles. The first-order valence-electron chi connectivity index (χ1n) is 7.81. The van der Waals surface area contributed by atoms with E-state index in [1.807, 2.05) is 30.3 Å². The molecule has 1 amide bonds. The monoisotopic (exact) mass is 318 g/mol. The number of carbonyl (C=O) groups excluding carboxylic acids is 1. The molecule has 2 aromatic carbocycles. The van der Waals surface area contributed by atoms with Crippen molar-refractivity contribution < 1.29 is 10.0 Å². The fourth-order valence-corrected chi connectivity index (χ4v) is 2.44. The molecule has 0 saturated heterocycles. The van der Waals surface area contributed by atoms with Crippen molar-refractivity contribution in [2.75, 3.05) is 0 Å². The maximum Gasteiger partial charge on any atom is 0.248 e. The molecule has 0 spiro atoms. The van der Waals surface area contributed by atoms with Crippen LogP contribution in [-0.2, 0) is 11.2 Å². The van der Waals surface area contributed by atoms with Crippen molar-refractivity contribution in [3.8, 4) is 11.1 Å². The number of carbonyl (C=O) groups is 1. The van der Waals surface area contributed by atoms with Crippen molar-refractivity contribution in [1.29, 1.82) is 0 Å². The van der Waals surface area contributed by atoms with E-state index < -0.39 is 0 Å². The molecule has 0 radical (unpaired) electrons. The lowest BCUT2D eigenvalue weighted by molar-refractivity contribution is -0.118. The summed E-state index contributed by atoms with van der Waals surface area (Å²) in [5.74, 6) is -0.254. The van der Waals surface area contributed by atoms with Gasteiger partial charge in [0.15, 0.2) is 5.49 Å². The zero-order chi connectivity index (χ0) is 16.8. The summed E-state index contributed by atoms with van der Waals surface area (Å²) in [5.41, 5.74) is 3.65. The highest BCUT2D eigenvalue weighted by molar-refractivity contribution is 5.77. The van der Waals surface area contributed by atoms with Crippen LogP contribution in [0.3, 0.4) is 0 Å². The standard InChI is InChI=1S/C20H18N2O2/c23-20(21-19-8-4-5-15-22(19)24)14-11-16-9-12-18(13-10-16)17-6-2-1-3-7-17/h1-10,12-13,15,24H,11,14H2. The molecule has 0 aliphatic rings. The summed E-state index contributed by atoms with van der Waals surface area (Å²) in [5, 5.41) is 9.55. The predicted molar refractivity (Wildman–Crippen MR) is 92.4 cm³/mol. The van der Waals surface area contributed by atoms with Crippen LogP contribution in [0.25, 0.3) is 11.1 Å². The van der Waals surface area contributed by atoms with E-state index in [0.717, 1.165) is 15.9 Å². The van der Waals surface area contributed by atoms with E-state index in [1.165, 1.54) is 11.8 Å². The Labute approximate surface area is 140 Å². The Morgan fingerprint density at radius 3 is 2.25 bits per heavy atom. The van der Waals surface area contributed by atoms with E-state index >= 15 is 0 Å². The van der Waals surface area contributed by atoms with E-state index in [2.05, 4.69) is 29.3 Å². The minimum Gasteiger partial charge on any atom is -0.427 e. The summed E-state index contributed by atoms with van der Waals surface area (Å²) in [7, 11) is 0. The van der Waals surface area contributed by atoms with Crippen LogP contribution in [0.2, 0.25) is 0 Å². The van der Waals surface area contributed by atoms with Gasteiger partial charge in [-0.2, -0.15) is 9.72 Å². The molecule has 0 saturated carbocycles. The van der Waals surface area contributed by atoms with E-state index in [9.17, 15) is 10.0 Å². The van der Waals surface area contributed by atoms with Gasteiger partial charge in [-0.05, 0) is 35.2 Å². The zero-order valence-corrected chi connectivity index (χ0v) is 13.2. The lowest BCUT2D eigenvalue weighted by Crippen LogP contribution is -2.19. The molecule has 3 rings (SSSR count). The lowest BCUT2D eigenvalue weighted by Gasteiger charge is -2.04. The molecule has 1 N–H and O–H groups in total. The molecule has 4 heteroatoms. The number of pyridine rings is 1. The fourth-order valence-electron chi connectivity index (χ4n) is 2.44. The molecule has 1 aromatic heterocycles. The first-order valence-corrected chi connectivity index (χ1v) is 7.81. The Bertz CT molecular complexity index is 881. The van der Waals surface area contributed by atoms with Crippen molar-refractivity contribution in [1.82, 2.24) is 4.73 Å². The topological polar surface area (TPSA) is 54.6 Å². The molecule has 0 unspecified atom stereocenters. The predicted octanol–water partition coefficient (Wildman–Crippen LogP) is 3.45. The summed E-state index contributed by atoms with van der Waals surface area (Å²) in [6, 6.07) is 23.3. The highest BCUT2D eigenvalue weighted by atomic mass is 16.5. The second-order valence-corrected chi connectivity index (χ2v) is 5.47. The molecule has 4 nitrogen and oxygen atoms in total. The summed E-state index contributed by atoms with van der Waals surface area (Å²) in [4.78, 5) is 15.8. The third-order valence-electron chi connectivity index (χ3n) is 3.75. The van der Waals surface area contributed by atoms with Gasteiger partial charge in [0.05, 0.1) is 0 Å². The quantitative estimate of drug-likeness (QED) is 0.749. The Morgan fingerprint density at radius 2 is 1.54 bits per heavy atom. The van der Waals surface area contributed by atoms with Gasteiger partial charge in [-0.1, -0.05) is 60.7 Å². The number of amides is 1. The van der Waals surface area contributed by atoms with Gasteiger partial charge in [0.2, 0.25) is 5.91 Å². The van der Waals surface area contributed by atoms with Gasteiger partial charge in [0.25, 0.3) is 0 Å². The van der Waals surface area contributed by atoms with Crippen LogP contribution in [0.5, 0.6) is 0 Å². The average Bonchev–Trinajstić information content (AvgIpc) is 2.63. The lowest BCUT2D eigenvalue weighted by atomic mass is 10.0. The van der Waals surface area contributed by atoms with Crippen LogP contribution >= 0.6 is 0 Å². The molecule has 120 valence electrons. The van der Waals surface area contributed by atoms with Crippen LogP contribution in [0.15, 0.2) is 84.0 Å². The van der Waals surface area contributed by atoms with Gasteiger partial charge in [-0.25, -0.2) is 0 Å². The molecule has 0 bridgehead atoms. The van der Waals surface area contributed by atoms with Crippen molar-refractivity contribution in [3.63, 3.8) is 0 Å². The van der Waals surface area contributed by atoms with Gasteiger partial charge in [0, 0.05) is 12.6 Å². The Morgan fingerprint density at radius 1 is 0.875 bits per heavy atom. The largest absolute Gasteiger partial charge is 0.427 e. The summed E-state index contributed by atoms with van der Waals surface area (Å²) in [6.07, 6.45) is 2.36. The molecular weight excluding hydrogens is 300 g/mol. The number of aryl methyl sites for hydroxylation is 1. The van der Waals surface area contributed by atoms with Crippen LogP contribution in [0.1, 0.15) is 12.0 Å². The maximum absolute atomic E-state index is 11.9. The molecule has 0 aliphatic heterocycles. The molecule has 0 fully saturated rings. The highest BCUT2D eigenvalue weighted by Gasteiger charge is 2.02. The van der Waals surface area contributed by atoms with Crippen LogP contribution in [0, 0.1) is 0 Å². The maximum atomic E-state index is 11.9. The summed E-state index contributed by atoms with van der Waals surface area (Å²) in [6.45, 7) is 0. The van der Waals surface area contributed by atoms with E-state index in [4.69, 9.17) is 0 Å². The normalized spacial score (nSPS) is 11.4. The SMILES string of the molecule is O=C(CCc1ccc(-c2ccccc2)cc1)N=c1ccccn1O. The Hall–Kier alpha value is -3.14. The van der Waals surface area contributed by atoms with E-state index in [-0.39, 0.29) is 11.4 Å². The number of hydrogen-bond acceptors (Lipinski definition) is 2. The Balaban J connectivity index is 1.64. The van der Waals surface area contributed by atoms with Gasteiger partial charge >= 0.3 is 0 Å². The number of rotatable bonds is 4. The van der Waals surface area contributed by atoms with Crippen molar-refractivity contribution in [2.45, 2.75) is 12.8 Å².